The van der Waals surface area contributed by atoms with Crippen LogP contribution < -0.4 is 0 Å². The minimum Gasteiger partial charge on any atom is -0.391 e. The molecule has 0 bridgehead atoms. The molecule has 1 aliphatic heterocycles. The first-order valence-corrected chi connectivity index (χ1v) is 8.50. The Morgan fingerprint density at radius 3 is 2.68 bits per heavy atom. The molecule has 0 aromatic heterocycles. The molecule has 2 rings (SSSR count). The van der Waals surface area contributed by atoms with Gasteiger partial charge in [-0.1, -0.05) is 36.2 Å². The van der Waals surface area contributed by atoms with Crippen LogP contribution in [-0.4, -0.2) is 41.5 Å². The summed E-state index contributed by atoms with van der Waals surface area (Å²) in [5, 5.41) is 10.9. The monoisotopic (exact) mass is 299 g/mol. The zero-order valence-electron chi connectivity index (χ0n) is 11.2. The number of halogens is 1. The van der Waals surface area contributed by atoms with Crippen molar-refractivity contribution in [3.63, 3.8) is 0 Å². The quantitative estimate of drug-likeness (QED) is 0.870. The number of benzene rings is 1. The normalized spacial score (nSPS) is 18.4. The molecule has 0 amide bonds. The van der Waals surface area contributed by atoms with Gasteiger partial charge in [-0.2, -0.15) is 11.8 Å². The molecule has 1 atom stereocenters. The highest BCUT2D eigenvalue weighted by Crippen LogP contribution is 2.21. The van der Waals surface area contributed by atoms with Crippen molar-refractivity contribution in [2.75, 3.05) is 25.4 Å². The van der Waals surface area contributed by atoms with Crippen molar-refractivity contribution in [1.29, 1.82) is 0 Å². The van der Waals surface area contributed by atoms with Crippen LogP contribution >= 0.6 is 23.4 Å². The highest BCUT2D eigenvalue weighted by Gasteiger charge is 2.14. The van der Waals surface area contributed by atoms with Crippen molar-refractivity contribution in [1.82, 2.24) is 4.90 Å². The number of piperidine rings is 1. The van der Waals surface area contributed by atoms with E-state index in [9.17, 15) is 5.11 Å². The molecule has 0 aliphatic carbocycles. The highest BCUT2D eigenvalue weighted by atomic mass is 35.5. The van der Waals surface area contributed by atoms with Gasteiger partial charge < -0.3 is 10.0 Å². The van der Waals surface area contributed by atoms with Crippen molar-refractivity contribution in [3.8, 4) is 0 Å². The maximum absolute atomic E-state index is 10.1. The van der Waals surface area contributed by atoms with Crippen molar-refractivity contribution in [3.05, 3.63) is 34.9 Å². The summed E-state index contributed by atoms with van der Waals surface area (Å²) >= 11 is 7.87. The van der Waals surface area contributed by atoms with Gasteiger partial charge in [0.2, 0.25) is 0 Å². The average molecular weight is 300 g/mol. The molecule has 1 aromatic carbocycles. The zero-order valence-corrected chi connectivity index (χ0v) is 12.8. The van der Waals surface area contributed by atoms with Crippen LogP contribution in [0.15, 0.2) is 24.3 Å². The molecule has 1 N–H and O–H groups in total. The fraction of sp³-hybridized carbons (Fsp3) is 0.600. The van der Waals surface area contributed by atoms with Gasteiger partial charge in [0, 0.05) is 23.1 Å². The number of likely N-dealkylation sites (tertiary alicyclic amines) is 1. The first-order chi connectivity index (χ1) is 9.25. The first-order valence-electron chi connectivity index (χ1n) is 6.97. The number of thioether (sulfide) groups is 1. The summed E-state index contributed by atoms with van der Waals surface area (Å²) in [4.78, 5) is 2.38. The Morgan fingerprint density at radius 2 is 1.95 bits per heavy atom. The maximum atomic E-state index is 10.1. The van der Waals surface area contributed by atoms with Crippen LogP contribution in [0.4, 0.5) is 0 Å². The van der Waals surface area contributed by atoms with Gasteiger partial charge in [-0.3, -0.25) is 0 Å². The standard InChI is InChI=1S/C15H22ClNOS/c16-15-7-3-2-6-13(15)11-19-12-14(18)10-17-8-4-1-5-9-17/h2-3,6-7,14,18H,1,4-5,8-12H2. The van der Waals surface area contributed by atoms with Gasteiger partial charge in [0.1, 0.15) is 0 Å². The van der Waals surface area contributed by atoms with Crippen LogP contribution in [0, 0.1) is 0 Å². The van der Waals surface area contributed by atoms with Crippen molar-refractivity contribution < 1.29 is 5.11 Å². The fourth-order valence-corrected chi connectivity index (χ4v) is 3.66. The molecule has 1 fully saturated rings. The predicted molar refractivity (Wildman–Crippen MR) is 83.9 cm³/mol. The van der Waals surface area contributed by atoms with Crippen molar-refractivity contribution in [2.24, 2.45) is 0 Å². The number of hydrogen-bond donors (Lipinski definition) is 1. The molecule has 19 heavy (non-hydrogen) atoms. The van der Waals surface area contributed by atoms with E-state index >= 15 is 0 Å². The maximum Gasteiger partial charge on any atom is 0.0757 e. The molecule has 1 aliphatic rings. The minimum atomic E-state index is -0.231. The second-order valence-electron chi connectivity index (χ2n) is 5.12. The lowest BCUT2D eigenvalue weighted by atomic mass is 10.1. The van der Waals surface area contributed by atoms with E-state index in [0.717, 1.165) is 41.7 Å². The summed E-state index contributed by atoms with van der Waals surface area (Å²) in [6, 6.07) is 7.92. The van der Waals surface area contributed by atoms with Crippen LogP contribution in [0.3, 0.4) is 0 Å². The number of nitrogens with zero attached hydrogens (tertiary/aromatic N) is 1. The molecule has 0 saturated carbocycles. The van der Waals surface area contributed by atoms with E-state index in [1.54, 1.807) is 11.8 Å². The third-order valence-corrected chi connectivity index (χ3v) is 4.95. The van der Waals surface area contributed by atoms with Gasteiger partial charge in [-0.15, -0.1) is 0 Å². The fourth-order valence-electron chi connectivity index (χ4n) is 2.41. The van der Waals surface area contributed by atoms with Gasteiger partial charge in [-0.25, -0.2) is 0 Å². The number of aliphatic hydroxyl groups excluding tert-OH is 1. The van der Waals surface area contributed by atoms with Gasteiger partial charge in [0.25, 0.3) is 0 Å². The van der Waals surface area contributed by atoms with Crippen LogP contribution in [0.2, 0.25) is 5.02 Å². The predicted octanol–water partition coefficient (Wildman–Crippen LogP) is 3.42. The summed E-state index contributed by atoms with van der Waals surface area (Å²) < 4.78 is 0. The summed E-state index contributed by atoms with van der Waals surface area (Å²) in [6.07, 6.45) is 3.66. The Kier molecular flexibility index (Phi) is 6.51. The lowest BCUT2D eigenvalue weighted by Gasteiger charge is -2.28. The highest BCUT2D eigenvalue weighted by molar-refractivity contribution is 7.98. The SMILES string of the molecule is OC(CSCc1ccccc1Cl)CN1CCCCC1. The van der Waals surface area contributed by atoms with Crippen LogP contribution in [0.1, 0.15) is 24.8 Å². The number of aliphatic hydroxyl groups is 1. The summed E-state index contributed by atoms with van der Waals surface area (Å²) in [7, 11) is 0. The van der Waals surface area contributed by atoms with E-state index in [-0.39, 0.29) is 6.10 Å². The van der Waals surface area contributed by atoms with Crippen molar-refractivity contribution in [2.45, 2.75) is 31.1 Å². The van der Waals surface area contributed by atoms with Gasteiger partial charge in [0.15, 0.2) is 0 Å². The van der Waals surface area contributed by atoms with E-state index in [0.29, 0.717) is 0 Å². The molecule has 4 heteroatoms. The van der Waals surface area contributed by atoms with Crippen LogP contribution in [0.25, 0.3) is 0 Å². The molecule has 1 unspecified atom stereocenters. The molecular weight excluding hydrogens is 278 g/mol. The Labute approximate surface area is 125 Å². The lowest BCUT2D eigenvalue weighted by Crippen LogP contribution is -2.37. The van der Waals surface area contributed by atoms with E-state index in [2.05, 4.69) is 4.90 Å². The molecule has 0 spiro atoms. The Hall–Kier alpha value is -0.220. The second kappa shape index (κ2) is 8.15. The smallest absolute Gasteiger partial charge is 0.0757 e. The van der Waals surface area contributed by atoms with E-state index < -0.39 is 0 Å². The Morgan fingerprint density at radius 1 is 1.21 bits per heavy atom. The molecular formula is C15H22ClNOS. The zero-order chi connectivity index (χ0) is 13.5. The van der Waals surface area contributed by atoms with E-state index in [1.807, 2.05) is 24.3 Å². The van der Waals surface area contributed by atoms with Gasteiger partial charge in [-0.05, 0) is 37.6 Å². The Bertz CT molecular complexity index is 382. The second-order valence-corrected chi connectivity index (χ2v) is 6.56. The number of β-amino-alcohol motifs (C(OH)–C–C–N with tert-alkyl or cyclic N) is 1. The number of hydrogen-bond acceptors (Lipinski definition) is 3. The Balaban J connectivity index is 1.66. The van der Waals surface area contributed by atoms with Gasteiger partial charge >= 0.3 is 0 Å². The molecule has 0 radical (unpaired) electrons. The summed E-state index contributed by atoms with van der Waals surface area (Å²) in [5.41, 5.74) is 1.15. The van der Waals surface area contributed by atoms with Crippen molar-refractivity contribution >= 4 is 23.4 Å². The molecule has 1 aromatic rings. The summed E-state index contributed by atoms with van der Waals surface area (Å²) in [6.45, 7) is 3.11. The average Bonchev–Trinajstić information content (AvgIpc) is 2.42. The minimum absolute atomic E-state index is 0.231. The largest absolute Gasteiger partial charge is 0.391 e. The summed E-state index contributed by atoms with van der Waals surface area (Å²) in [5.74, 6) is 1.65. The first kappa shape index (κ1) is 15.2. The lowest BCUT2D eigenvalue weighted by molar-refractivity contribution is 0.117. The molecule has 106 valence electrons. The third-order valence-electron chi connectivity index (χ3n) is 3.44. The van der Waals surface area contributed by atoms with Gasteiger partial charge in [0.05, 0.1) is 6.10 Å². The topological polar surface area (TPSA) is 23.5 Å². The molecule has 2 nitrogen and oxygen atoms in total. The van der Waals surface area contributed by atoms with E-state index in [4.69, 9.17) is 11.6 Å². The molecule has 1 heterocycles. The van der Waals surface area contributed by atoms with Crippen LogP contribution in [0.5, 0.6) is 0 Å². The number of rotatable bonds is 6. The van der Waals surface area contributed by atoms with E-state index in [1.165, 1.54) is 19.3 Å². The van der Waals surface area contributed by atoms with Crippen LogP contribution in [-0.2, 0) is 5.75 Å². The third kappa shape index (κ3) is 5.35. The molecule has 1 saturated heterocycles.